The molecule has 3 nitrogen and oxygen atoms in total. The number of carboxylic acid groups (broad SMARTS) is 1. The van der Waals surface area contributed by atoms with Crippen LogP contribution >= 0.6 is 27.3 Å². The lowest BCUT2D eigenvalue weighted by molar-refractivity contribution is -0.274. The van der Waals surface area contributed by atoms with Crippen LogP contribution in [0.25, 0.3) is 0 Å². The second kappa shape index (κ2) is 3.77. The molecule has 1 rings (SSSR count). The zero-order valence-electron chi connectivity index (χ0n) is 6.26. The summed E-state index contributed by atoms with van der Waals surface area (Å²) in [6.45, 7) is 0. The van der Waals surface area contributed by atoms with Gasteiger partial charge in [0.25, 0.3) is 0 Å². The van der Waals surface area contributed by atoms with Crippen molar-refractivity contribution in [3.63, 3.8) is 0 Å². The Morgan fingerprint density at radius 3 is 2.57 bits per heavy atom. The molecular formula is C6H2BrF3O3S. The van der Waals surface area contributed by atoms with E-state index in [-0.39, 0.29) is 3.79 Å². The number of thiophene rings is 1. The van der Waals surface area contributed by atoms with Gasteiger partial charge in [0, 0.05) is 6.07 Å². The van der Waals surface area contributed by atoms with Gasteiger partial charge in [-0.3, -0.25) is 0 Å². The quantitative estimate of drug-likeness (QED) is 0.910. The maximum atomic E-state index is 11.8. The molecular weight excluding hydrogens is 289 g/mol. The molecule has 78 valence electrons. The van der Waals surface area contributed by atoms with Crippen LogP contribution in [0.15, 0.2) is 9.85 Å². The summed E-state index contributed by atoms with van der Waals surface area (Å²) in [7, 11) is 0. The molecule has 0 bridgehead atoms. The number of alkyl halides is 3. The molecule has 0 aliphatic carbocycles. The van der Waals surface area contributed by atoms with Crippen LogP contribution in [0, 0.1) is 0 Å². The highest BCUT2D eigenvalue weighted by atomic mass is 79.9. The fraction of sp³-hybridized carbons (Fsp3) is 0.167. The Bertz CT molecular complexity index is 360. The van der Waals surface area contributed by atoms with Crippen molar-refractivity contribution >= 4 is 33.2 Å². The first-order valence-corrected chi connectivity index (χ1v) is 4.69. The second-order valence-electron chi connectivity index (χ2n) is 2.10. The minimum absolute atomic E-state index is 0.258. The normalized spacial score (nSPS) is 11.4. The van der Waals surface area contributed by atoms with Gasteiger partial charge in [-0.05, 0) is 15.9 Å². The molecule has 14 heavy (non-hydrogen) atoms. The molecule has 0 saturated carbocycles. The third kappa shape index (κ3) is 2.88. The molecule has 0 aliphatic heterocycles. The van der Waals surface area contributed by atoms with Gasteiger partial charge in [-0.1, -0.05) is 0 Å². The van der Waals surface area contributed by atoms with Crippen molar-refractivity contribution in [1.29, 1.82) is 0 Å². The number of carboxylic acids is 1. The van der Waals surface area contributed by atoms with Crippen LogP contribution in [0.5, 0.6) is 5.75 Å². The van der Waals surface area contributed by atoms with Gasteiger partial charge in [0.2, 0.25) is 0 Å². The molecule has 1 aromatic rings. The zero-order chi connectivity index (χ0) is 10.9. The Morgan fingerprint density at radius 1 is 1.57 bits per heavy atom. The van der Waals surface area contributed by atoms with Crippen LogP contribution in [0.4, 0.5) is 13.2 Å². The van der Waals surface area contributed by atoms with Crippen molar-refractivity contribution in [3.8, 4) is 5.75 Å². The van der Waals surface area contributed by atoms with Crippen LogP contribution in [0.1, 0.15) is 9.67 Å². The van der Waals surface area contributed by atoms with Crippen molar-refractivity contribution < 1.29 is 27.8 Å². The minimum atomic E-state index is -4.88. The van der Waals surface area contributed by atoms with E-state index in [4.69, 9.17) is 5.11 Å². The summed E-state index contributed by atoms with van der Waals surface area (Å²) in [5, 5.41) is 8.52. The van der Waals surface area contributed by atoms with Crippen LogP contribution in [-0.2, 0) is 0 Å². The molecule has 0 atom stereocenters. The van der Waals surface area contributed by atoms with E-state index in [9.17, 15) is 18.0 Å². The van der Waals surface area contributed by atoms with Gasteiger partial charge < -0.3 is 9.84 Å². The van der Waals surface area contributed by atoms with Crippen LogP contribution in [0.2, 0.25) is 0 Å². The second-order valence-corrected chi connectivity index (χ2v) is 4.53. The summed E-state index contributed by atoms with van der Waals surface area (Å²) in [5.41, 5.74) is 0. The zero-order valence-corrected chi connectivity index (χ0v) is 8.66. The topological polar surface area (TPSA) is 46.5 Å². The summed E-state index contributed by atoms with van der Waals surface area (Å²) in [5.74, 6) is -2.16. The number of aromatic carboxylic acids is 1. The Kier molecular flexibility index (Phi) is 3.05. The largest absolute Gasteiger partial charge is 0.573 e. The maximum Gasteiger partial charge on any atom is 0.573 e. The summed E-state index contributed by atoms with van der Waals surface area (Å²) in [6, 6.07) is 0.960. The lowest BCUT2D eigenvalue weighted by Gasteiger charge is -2.06. The number of carbonyl (C=O) groups is 1. The number of hydrogen-bond acceptors (Lipinski definition) is 3. The van der Waals surface area contributed by atoms with Crippen LogP contribution in [-0.4, -0.2) is 17.4 Å². The van der Waals surface area contributed by atoms with Gasteiger partial charge >= 0.3 is 12.3 Å². The first-order chi connectivity index (χ1) is 6.29. The first-order valence-electron chi connectivity index (χ1n) is 3.08. The molecule has 0 unspecified atom stereocenters. The van der Waals surface area contributed by atoms with Gasteiger partial charge in [0.1, 0.15) is 0 Å². The Labute approximate surface area is 88.2 Å². The van der Waals surface area contributed by atoms with E-state index < -0.39 is 23.0 Å². The first kappa shape index (κ1) is 11.3. The van der Waals surface area contributed by atoms with Gasteiger partial charge in [0.15, 0.2) is 10.6 Å². The molecule has 0 amide bonds. The van der Waals surface area contributed by atoms with E-state index in [1.165, 1.54) is 0 Å². The average molecular weight is 291 g/mol. The average Bonchev–Trinajstić information content (AvgIpc) is 2.27. The van der Waals surface area contributed by atoms with E-state index in [0.717, 1.165) is 6.07 Å². The molecule has 0 fully saturated rings. The molecule has 0 radical (unpaired) electrons. The number of rotatable bonds is 2. The van der Waals surface area contributed by atoms with Gasteiger partial charge in [-0.2, -0.15) is 0 Å². The monoisotopic (exact) mass is 290 g/mol. The fourth-order valence-corrected chi connectivity index (χ4v) is 2.04. The molecule has 0 spiro atoms. The highest BCUT2D eigenvalue weighted by Gasteiger charge is 2.34. The van der Waals surface area contributed by atoms with Crippen molar-refractivity contribution in [1.82, 2.24) is 0 Å². The highest BCUT2D eigenvalue weighted by Crippen LogP contribution is 2.36. The summed E-state index contributed by atoms with van der Waals surface area (Å²) in [4.78, 5) is 9.97. The Morgan fingerprint density at radius 2 is 2.14 bits per heavy atom. The molecule has 0 aromatic carbocycles. The van der Waals surface area contributed by atoms with Gasteiger partial charge in [0.05, 0.1) is 3.79 Å². The highest BCUT2D eigenvalue weighted by molar-refractivity contribution is 9.11. The molecule has 0 saturated heterocycles. The van der Waals surface area contributed by atoms with Crippen molar-refractivity contribution in [3.05, 3.63) is 14.7 Å². The van der Waals surface area contributed by atoms with E-state index in [1.807, 2.05) is 0 Å². The summed E-state index contributed by atoms with van der Waals surface area (Å²) >= 11 is 3.52. The van der Waals surface area contributed by atoms with Gasteiger partial charge in [-0.15, -0.1) is 24.5 Å². The van der Waals surface area contributed by atoms with Crippen molar-refractivity contribution in [2.75, 3.05) is 0 Å². The Hall–Kier alpha value is -0.760. The van der Waals surface area contributed by atoms with Crippen molar-refractivity contribution in [2.24, 2.45) is 0 Å². The van der Waals surface area contributed by atoms with Crippen LogP contribution < -0.4 is 4.74 Å². The van der Waals surface area contributed by atoms with E-state index in [2.05, 4.69) is 20.7 Å². The van der Waals surface area contributed by atoms with Crippen LogP contribution in [0.3, 0.4) is 0 Å². The maximum absolute atomic E-state index is 11.8. The molecule has 0 aliphatic rings. The van der Waals surface area contributed by atoms with E-state index >= 15 is 0 Å². The van der Waals surface area contributed by atoms with E-state index in [0.29, 0.717) is 11.3 Å². The number of halogens is 4. The predicted octanol–water partition coefficient (Wildman–Crippen LogP) is 3.11. The minimum Gasteiger partial charge on any atom is -0.477 e. The number of ether oxygens (including phenoxy) is 1. The number of hydrogen-bond donors (Lipinski definition) is 1. The van der Waals surface area contributed by atoms with E-state index in [1.54, 1.807) is 0 Å². The third-order valence-corrected chi connectivity index (χ3v) is 2.70. The molecule has 1 aromatic heterocycles. The lowest BCUT2D eigenvalue weighted by atomic mass is 10.4. The van der Waals surface area contributed by atoms with Crippen molar-refractivity contribution in [2.45, 2.75) is 6.36 Å². The standard InChI is InChI=1S/C6H2BrF3O3S/c7-3-1-2(13-6(8,9)10)4(14-3)5(11)12/h1H,(H,11,12). The SMILES string of the molecule is O=C(O)c1sc(Br)cc1OC(F)(F)F. The third-order valence-electron chi connectivity index (χ3n) is 1.09. The predicted molar refractivity (Wildman–Crippen MR) is 45.7 cm³/mol. The molecule has 8 heteroatoms. The van der Waals surface area contributed by atoms with Gasteiger partial charge in [-0.25, -0.2) is 4.79 Å². The lowest BCUT2D eigenvalue weighted by Crippen LogP contribution is -2.18. The Balaban J connectivity index is 3.02. The summed E-state index contributed by atoms with van der Waals surface area (Å²) in [6.07, 6.45) is -4.88. The summed E-state index contributed by atoms with van der Waals surface area (Å²) < 4.78 is 39.1. The molecule has 1 heterocycles. The molecule has 1 N–H and O–H groups in total. The fourth-order valence-electron chi connectivity index (χ4n) is 0.695. The smallest absolute Gasteiger partial charge is 0.477 e.